The van der Waals surface area contributed by atoms with E-state index in [1.54, 1.807) is 40.9 Å². The number of aromatic nitrogens is 1. The van der Waals surface area contributed by atoms with Crippen molar-refractivity contribution in [2.45, 2.75) is 26.4 Å². The number of rotatable bonds is 4. The molecule has 1 amide bonds. The van der Waals surface area contributed by atoms with Gasteiger partial charge in [-0.1, -0.05) is 6.07 Å². The highest BCUT2D eigenvalue weighted by molar-refractivity contribution is 6.03. The molecule has 2 rings (SSSR count). The normalized spacial score (nSPS) is 11.0. The quantitative estimate of drug-likeness (QED) is 0.929. The minimum atomic E-state index is -0.959. The molecular weight excluding hydrogens is 256 g/mol. The summed E-state index contributed by atoms with van der Waals surface area (Å²) in [4.78, 5) is 24.9. The molecule has 1 aromatic carbocycles. The molecule has 0 saturated carbocycles. The van der Waals surface area contributed by atoms with E-state index in [0.717, 1.165) is 5.52 Å². The van der Waals surface area contributed by atoms with Crippen LogP contribution >= 0.6 is 0 Å². The Hall–Kier alpha value is -2.30. The number of carboxylic acid groups (broad SMARTS) is 1. The van der Waals surface area contributed by atoms with Crippen molar-refractivity contribution in [1.29, 1.82) is 0 Å². The summed E-state index contributed by atoms with van der Waals surface area (Å²) < 4.78 is 1.78. The summed E-state index contributed by atoms with van der Waals surface area (Å²) in [6.45, 7) is 4.11. The summed E-state index contributed by atoms with van der Waals surface area (Å²) in [6, 6.07) is 6.96. The van der Waals surface area contributed by atoms with Gasteiger partial charge < -0.3 is 14.6 Å². The topological polar surface area (TPSA) is 62.5 Å². The van der Waals surface area contributed by atoms with E-state index in [0.29, 0.717) is 5.39 Å². The van der Waals surface area contributed by atoms with Gasteiger partial charge in [-0.2, -0.15) is 0 Å². The average molecular weight is 274 g/mol. The average Bonchev–Trinajstić information content (AvgIpc) is 2.80. The zero-order chi connectivity index (χ0) is 14.9. The molecule has 1 heterocycles. The molecule has 0 aliphatic heterocycles. The molecule has 5 nitrogen and oxygen atoms in total. The summed E-state index contributed by atoms with van der Waals surface area (Å²) in [5.74, 6) is -0.961. The fourth-order valence-electron chi connectivity index (χ4n) is 2.09. The Balaban J connectivity index is 2.35. The van der Waals surface area contributed by atoms with Crippen LogP contribution in [0.5, 0.6) is 0 Å². The van der Waals surface area contributed by atoms with Gasteiger partial charge in [0, 0.05) is 30.2 Å². The SMILES string of the molecule is CC(C)N(C)C(=O)Cn1ccc2c(C(=O)O)cccc21. The highest BCUT2D eigenvalue weighted by atomic mass is 16.4. The minimum Gasteiger partial charge on any atom is -0.478 e. The van der Waals surface area contributed by atoms with Crippen molar-refractivity contribution in [3.8, 4) is 0 Å². The molecule has 0 saturated heterocycles. The first-order valence-electron chi connectivity index (χ1n) is 6.48. The second kappa shape index (κ2) is 5.36. The second-order valence-corrected chi connectivity index (χ2v) is 5.09. The van der Waals surface area contributed by atoms with Gasteiger partial charge in [0.1, 0.15) is 6.54 Å². The number of amides is 1. The maximum atomic E-state index is 12.1. The molecule has 0 fully saturated rings. The number of carbonyl (C=O) groups excluding carboxylic acids is 1. The fraction of sp³-hybridized carbons (Fsp3) is 0.333. The van der Waals surface area contributed by atoms with Crippen LogP contribution in [0, 0.1) is 0 Å². The van der Waals surface area contributed by atoms with Gasteiger partial charge >= 0.3 is 5.97 Å². The lowest BCUT2D eigenvalue weighted by Gasteiger charge is -2.21. The number of likely N-dealkylation sites (N-methyl/N-ethyl adjacent to an activating group) is 1. The third-order valence-corrected chi connectivity index (χ3v) is 3.52. The predicted molar refractivity (Wildman–Crippen MR) is 76.8 cm³/mol. The molecule has 0 unspecified atom stereocenters. The Labute approximate surface area is 117 Å². The molecule has 0 aliphatic rings. The van der Waals surface area contributed by atoms with Gasteiger partial charge in [-0.15, -0.1) is 0 Å². The van der Waals surface area contributed by atoms with E-state index in [1.807, 2.05) is 19.9 Å². The van der Waals surface area contributed by atoms with Crippen LogP contribution in [0.3, 0.4) is 0 Å². The number of nitrogens with zero attached hydrogens (tertiary/aromatic N) is 2. The van der Waals surface area contributed by atoms with Crippen molar-refractivity contribution in [3.05, 3.63) is 36.0 Å². The highest BCUT2D eigenvalue weighted by Gasteiger charge is 2.15. The van der Waals surface area contributed by atoms with Crippen LogP contribution in [-0.2, 0) is 11.3 Å². The van der Waals surface area contributed by atoms with E-state index in [9.17, 15) is 9.59 Å². The third-order valence-electron chi connectivity index (χ3n) is 3.52. The fourth-order valence-corrected chi connectivity index (χ4v) is 2.09. The summed E-state index contributed by atoms with van der Waals surface area (Å²) in [5.41, 5.74) is 1.02. The van der Waals surface area contributed by atoms with Crippen LogP contribution in [-0.4, -0.2) is 39.5 Å². The van der Waals surface area contributed by atoms with Crippen LogP contribution < -0.4 is 0 Å². The number of aromatic carboxylic acids is 1. The molecular formula is C15H18N2O3. The van der Waals surface area contributed by atoms with E-state index in [1.165, 1.54) is 0 Å². The van der Waals surface area contributed by atoms with Gasteiger partial charge in [-0.3, -0.25) is 4.79 Å². The Bertz CT molecular complexity index is 658. The largest absolute Gasteiger partial charge is 0.478 e. The lowest BCUT2D eigenvalue weighted by Crippen LogP contribution is -2.35. The first kappa shape index (κ1) is 14.1. The maximum absolute atomic E-state index is 12.1. The van der Waals surface area contributed by atoms with Gasteiger partial charge in [-0.25, -0.2) is 4.79 Å². The molecule has 0 radical (unpaired) electrons. The Kier molecular flexibility index (Phi) is 3.79. The molecule has 0 aliphatic carbocycles. The summed E-state index contributed by atoms with van der Waals surface area (Å²) >= 11 is 0. The van der Waals surface area contributed by atoms with Gasteiger partial charge in [0.25, 0.3) is 0 Å². The lowest BCUT2D eigenvalue weighted by atomic mass is 10.1. The van der Waals surface area contributed by atoms with Crippen LogP contribution in [0.2, 0.25) is 0 Å². The van der Waals surface area contributed by atoms with E-state index in [2.05, 4.69) is 0 Å². The molecule has 0 atom stereocenters. The number of carbonyl (C=O) groups is 2. The maximum Gasteiger partial charge on any atom is 0.336 e. The van der Waals surface area contributed by atoms with Crippen molar-refractivity contribution in [3.63, 3.8) is 0 Å². The first-order valence-corrected chi connectivity index (χ1v) is 6.48. The highest BCUT2D eigenvalue weighted by Crippen LogP contribution is 2.20. The predicted octanol–water partition coefficient (Wildman–Crippen LogP) is 2.21. The zero-order valence-electron chi connectivity index (χ0n) is 11.8. The number of benzene rings is 1. The number of hydrogen-bond acceptors (Lipinski definition) is 2. The minimum absolute atomic E-state index is 0.00164. The Morgan fingerprint density at radius 1 is 1.30 bits per heavy atom. The molecule has 20 heavy (non-hydrogen) atoms. The summed E-state index contributed by atoms with van der Waals surface area (Å²) in [5, 5.41) is 9.80. The van der Waals surface area contributed by atoms with Crippen LogP contribution in [0.15, 0.2) is 30.5 Å². The van der Waals surface area contributed by atoms with E-state index in [-0.39, 0.29) is 24.1 Å². The van der Waals surface area contributed by atoms with Crippen molar-refractivity contribution in [2.75, 3.05) is 7.05 Å². The molecule has 1 aromatic heterocycles. The molecule has 5 heteroatoms. The van der Waals surface area contributed by atoms with Gasteiger partial charge in [0.05, 0.1) is 5.56 Å². The number of hydrogen-bond donors (Lipinski definition) is 1. The van der Waals surface area contributed by atoms with E-state index >= 15 is 0 Å². The molecule has 2 aromatic rings. The van der Waals surface area contributed by atoms with Crippen molar-refractivity contribution in [1.82, 2.24) is 9.47 Å². The first-order chi connectivity index (χ1) is 9.41. The van der Waals surface area contributed by atoms with Gasteiger partial charge in [-0.05, 0) is 32.0 Å². The van der Waals surface area contributed by atoms with Crippen LogP contribution in [0.25, 0.3) is 10.9 Å². The molecule has 1 N–H and O–H groups in total. The van der Waals surface area contributed by atoms with E-state index in [4.69, 9.17) is 5.11 Å². The summed E-state index contributed by atoms with van der Waals surface area (Å²) in [6.07, 6.45) is 1.75. The monoisotopic (exact) mass is 274 g/mol. The smallest absolute Gasteiger partial charge is 0.336 e. The number of carboxylic acids is 1. The third kappa shape index (κ3) is 2.52. The van der Waals surface area contributed by atoms with Gasteiger partial charge in [0.2, 0.25) is 5.91 Å². The Morgan fingerprint density at radius 3 is 2.60 bits per heavy atom. The van der Waals surface area contributed by atoms with Crippen LogP contribution in [0.1, 0.15) is 24.2 Å². The van der Waals surface area contributed by atoms with E-state index < -0.39 is 5.97 Å². The van der Waals surface area contributed by atoms with Crippen LogP contribution in [0.4, 0.5) is 0 Å². The zero-order valence-corrected chi connectivity index (χ0v) is 11.8. The summed E-state index contributed by atoms with van der Waals surface area (Å²) in [7, 11) is 1.77. The lowest BCUT2D eigenvalue weighted by molar-refractivity contribution is -0.131. The van der Waals surface area contributed by atoms with Crippen molar-refractivity contribution >= 4 is 22.8 Å². The Morgan fingerprint density at radius 2 is 2.00 bits per heavy atom. The molecule has 0 bridgehead atoms. The molecule has 106 valence electrons. The van der Waals surface area contributed by atoms with Crippen molar-refractivity contribution in [2.24, 2.45) is 0 Å². The van der Waals surface area contributed by atoms with Gasteiger partial charge in [0.15, 0.2) is 0 Å². The second-order valence-electron chi connectivity index (χ2n) is 5.09. The van der Waals surface area contributed by atoms with Crippen molar-refractivity contribution < 1.29 is 14.7 Å². The number of fused-ring (bicyclic) bond motifs is 1. The standard InChI is InChI=1S/C15H18N2O3/c1-10(2)16(3)14(18)9-17-8-7-11-12(15(19)20)5-4-6-13(11)17/h4-8,10H,9H2,1-3H3,(H,19,20). The molecule has 0 spiro atoms.